The van der Waals surface area contributed by atoms with E-state index in [0.717, 1.165) is 12.1 Å². The van der Waals surface area contributed by atoms with Gasteiger partial charge in [-0.15, -0.1) is 12.4 Å². The molecule has 0 aromatic heterocycles. The van der Waals surface area contributed by atoms with Gasteiger partial charge in [0.05, 0.1) is 0 Å². The van der Waals surface area contributed by atoms with Crippen LogP contribution in [0.25, 0.3) is 0 Å². The predicted molar refractivity (Wildman–Crippen MR) is 76.8 cm³/mol. The first-order valence-corrected chi connectivity index (χ1v) is 6.34. The molecule has 1 aromatic rings. The zero-order chi connectivity index (χ0) is 16.4. The Morgan fingerprint density at radius 2 is 1.64 bits per heavy atom. The summed E-state index contributed by atoms with van der Waals surface area (Å²) >= 11 is 0. The number of hydrogen-bond acceptors (Lipinski definition) is 3. The number of phenols is 1. The van der Waals surface area contributed by atoms with E-state index in [0.29, 0.717) is 18.8 Å². The fourth-order valence-corrected chi connectivity index (χ4v) is 1.95. The lowest BCUT2D eigenvalue weighted by atomic mass is 9.99. The van der Waals surface area contributed by atoms with Crippen molar-refractivity contribution in [3.8, 4) is 5.75 Å². The van der Waals surface area contributed by atoms with E-state index in [1.807, 2.05) is 13.8 Å². The van der Waals surface area contributed by atoms with Crippen molar-refractivity contribution < 1.29 is 27.1 Å². The van der Waals surface area contributed by atoms with E-state index >= 15 is 0 Å². The molecule has 0 unspecified atom stereocenters. The van der Waals surface area contributed by atoms with Crippen LogP contribution in [0.5, 0.6) is 5.75 Å². The largest absolute Gasteiger partial charge is 0.508 e. The number of halogens is 6. The van der Waals surface area contributed by atoms with Crippen molar-refractivity contribution in [2.75, 3.05) is 18.0 Å². The minimum atomic E-state index is -5.78. The summed E-state index contributed by atoms with van der Waals surface area (Å²) < 4.78 is 63.3. The number of alkyl halides is 5. The number of phenolic OH excluding ortho intramolecular Hbond substituents is 1. The van der Waals surface area contributed by atoms with Crippen LogP contribution in [0.2, 0.25) is 0 Å². The quantitative estimate of drug-likeness (QED) is 0.794. The van der Waals surface area contributed by atoms with Crippen LogP contribution >= 0.6 is 12.4 Å². The number of benzene rings is 1. The normalized spacial score (nSPS) is 13.5. The Hall–Kier alpha value is -1.28. The molecule has 0 heterocycles. The topological polar surface area (TPSA) is 49.5 Å². The van der Waals surface area contributed by atoms with Crippen LogP contribution in [0.15, 0.2) is 18.2 Å². The molecule has 128 valence electrons. The molecule has 0 saturated carbocycles. The van der Waals surface area contributed by atoms with Gasteiger partial charge in [0, 0.05) is 30.4 Å². The smallest absolute Gasteiger partial charge is 0.455 e. The standard InChI is InChI=1S/C13H17F5N2O.ClH/c1-3-20(4-2)8-5-6-9(10(21)7-8)11(19)12(14,15)13(16,17)18;/h5-7,11,21H,3-4,19H2,1-2H3;1H/t11-;/m1./s1. The highest BCUT2D eigenvalue weighted by Gasteiger charge is 2.62. The van der Waals surface area contributed by atoms with Crippen LogP contribution < -0.4 is 10.6 Å². The van der Waals surface area contributed by atoms with E-state index in [1.54, 1.807) is 4.90 Å². The fraction of sp³-hybridized carbons (Fsp3) is 0.538. The molecule has 0 aliphatic heterocycles. The summed E-state index contributed by atoms with van der Waals surface area (Å²) in [5, 5.41) is 9.72. The van der Waals surface area contributed by atoms with E-state index in [1.165, 1.54) is 6.07 Å². The SMILES string of the molecule is CCN(CC)c1ccc([C@@H](N)C(F)(F)C(F)(F)F)c(O)c1.Cl. The molecule has 0 aliphatic rings. The highest BCUT2D eigenvalue weighted by Crippen LogP contribution is 2.45. The summed E-state index contributed by atoms with van der Waals surface area (Å²) in [5.41, 5.74) is 4.88. The van der Waals surface area contributed by atoms with Gasteiger partial charge in [0.25, 0.3) is 0 Å². The van der Waals surface area contributed by atoms with Crippen LogP contribution in [0, 0.1) is 0 Å². The van der Waals surface area contributed by atoms with Gasteiger partial charge >= 0.3 is 12.1 Å². The molecule has 0 amide bonds. The van der Waals surface area contributed by atoms with Gasteiger partial charge in [0.15, 0.2) is 0 Å². The lowest BCUT2D eigenvalue weighted by Gasteiger charge is -2.27. The summed E-state index contributed by atoms with van der Waals surface area (Å²) in [6.45, 7) is 4.89. The van der Waals surface area contributed by atoms with E-state index < -0.39 is 29.5 Å². The number of aromatic hydroxyl groups is 1. The number of anilines is 1. The summed E-state index contributed by atoms with van der Waals surface area (Å²) in [6, 6.07) is 0.819. The number of rotatable bonds is 5. The zero-order valence-electron chi connectivity index (χ0n) is 12.0. The monoisotopic (exact) mass is 348 g/mol. The first-order valence-electron chi connectivity index (χ1n) is 6.34. The number of hydrogen-bond donors (Lipinski definition) is 2. The van der Waals surface area contributed by atoms with Crippen LogP contribution in [0.1, 0.15) is 25.5 Å². The molecule has 1 aromatic carbocycles. The Labute approximate surface area is 131 Å². The molecule has 1 rings (SSSR count). The highest BCUT2D eigenvalue weighted by atomic mass is 35.5. The number of nitrogens with zero attached hydrogens (tertiary/aromatic N) is 1. The van der Waals surface area contributed by atoms with Crippen molar-refractivity contribution >= 4 is 18.1 Å². The van der Waals surface area contributed by atoms with Crippen LogP contribution in [-0.2, 0) is 0 Å². The van der Waals surface area contributed by atoms with E-state index in [9.17, 15) is 27.1 Å². The summed E-state index contributed by atoms with van der Waals surface area (Å²) in [4.78, 5) is 1.80. The van der Waals surface area contributed by atoms with Crippen molar-refractivity contribution in [2.24, 2.45) is 5.73 Å². The van der Waals surface area contributed by atoms with Gasteiger partial charge in [-0.2, -0.15) is 22.0 Å². The maximum atomic E-state index is 13.2. The Balaban J connectivity index is 0.00000441. The second-order valence-electron chi connectivity index (χ2n) is 4.51. The molecule has 0 spiro atoms. The predicted octanol–water partition coefficient (Wildman–Crippen LogP) is 3.86. The van der Waals surface area contributed by atoms with Gasteiger partial charge in [-0.1, -0.05) is 6.07 Å². The van der Waals surface area contributed by atoms with Crippen LogP contribution in [0.3, 0.4) is 0 Å². The van der Waals surface area contributed by atoms with E-state index in [4.69, 9.17) is 5.73 Å². The first-order chi connectivity index (χ1) is 9.56. The Morgan fingerprint density at radius 1 is 1.14 bits per heavy atom. The van der Waals surface area contributed by atoms with E-state index in [2.05, 4.69) is 0 Å². The zero-order valence-corrected chi connectivity index (χ0v) is 12.8. The van der Waals surface area contributed by atoms with Crippen molar-refractivity contribution in [1.82, 2.24) is 0 Å². The van der Waals surface area contributed by atoms with Gasteiger partial charge in [-0.05, 0) is 19.9 Å². The summed E-state index contributed by atoms with van der Waals surface area (Å²) in [7, 11) is 0. The van der Waals surface area contributed by atoms with Crippen molar-refractivity contribution in [3.63, 3.8) is 0 Å². The van der Waals surface area contributed by atoms with Crippen molar-refractivity contribution in [2.45, 2.75) is 32.0 Å². The summed E-state index contributed by atoms with van der Waals surface area (Å²) in [6.07, 6.45) is -5.78. The minimum Gasteiger partial charge on any atom is -0.508 e. The third kappa shape index (κ3) is 3.92. The Kier molecular flexibility index (Phi) is 6.90. The molecule has 9 heteroatoms. The molecule has 0 fully saturated rings. The third-order valence-corrected chi connectivity index (χ3v) is 3.25. The Morgan fingerprint density at radius 3 is 2.00 bits per heavy atom. The molecule has 1 atom stereocenters. The maximum Gasteiger partial charge on any atom is 0.455 e. The fourth-order valence-electron chi connectivity index (χ4n) is 1.95. The molecule has 3 N–H and O–H groups in total. The maximum absolute atomic E-state index is 13.2. The number of nitrogens with two attached hydrogens (primary N) is 1. The van der Waals surface area contributed by atoms with Gasteiger partial charge < -0.3 is 15.7 Å². The lowest BCUT2D eigenvalue weighted by Crippen LogP contribution is -2.45. The van der Waals surface area contributed by atoms with Crippen LogP contribution in [0.4, 0.5) is 27.6 Å². The third-order valence-electron chi connectivity index (χ3n) is 3.25. The van der Waals surface area contributed by atoms with Gasteiger partial charge in [0.2, 0.25) is 0 Å². The molecule has 3 nitrogen and oxygen atoms in total. The van der Waals surface area contributed by atoms with E-state index in [-0.39, 0.29) is 12.4 Å². The second-order valence-corrected chi connectivity index (χ2v) is 4.51. The van der Waals surface area contributed by atoms with Crippen molar-refractivity contribution in [3.05, 3.63) is 23.8 Å². The molecular formula is C13H18ClF5N2O. The van der Waals surface area contributed by atoms with Gasteiger partial charge in [-0.25, -0.2) is 0 Å². The van der Waals surface area contributed by atoms with Crippen LogP contribution in [-0.4, -0.2) is 30.3 Å². The second kappa shape index (κ2) is 7.32. The molecule has 0 bridgehead atoms. The van der Waals surface area contributed by atoms with Gasteiger partial charge in [-0.3, -0.25) is 0 Å². The van der Waals surface area contributed by atoms with Gasteiger partial charge in [0.1, 0.15) is 11.8 Å². The molecular weight excluding hydrogens is 331 g/mol. The molecule has 0 saturated heterocycles. The highest BCUT2D eigenvalue weighted by molar-refractivity contribution is 5.85. The molecule has 0 aliphatic carbocycles. The lowest BCUT2D eigenvalue weighted by molar-refractivity contribution is -0.291. The average Bonchev–Trinajstić information content (AvgIpc) is 2.38. The molecule has 0 radical (unpaired) electrons. The summed E-state index contributed by atoms with van der Waals surface area (Å²) in [5.74, 6) is -5.81. The minimum absolute atomic E-state index is 0. The van der Waals surface area contributed by atoms with Crippen molar-refractivity contribution in [1.29, 1.82) is 0 Å². The molecule has 22 heavy (non-hydrogen) atoms. The average molecular weight is 349 g/mol. The first kappa shape index (κ1) is 20.7. The Bertz CT molecular complexity index is 492.